The Kier molecular flexibility index (Phi) is 10.4. The average Bonchev–Trinajstić information content (AvgIpc) is 3.75. The van der Waals surface area contributed by atoms with Crippen molar-refractivity contribution in [3.63, 3.8) is 0 Å². The van der Waals surface area contributed by atoms with Gasteiger partial charge in [-0.15, -0.1) is 35.1 Å². The zero-order valence-corrected chi connectivity index (χ0v) is 28.9. The van der Waals surface area contributed by atoms with Gasteiger partial charge in [-0.3, -0.25) is 9.59 Å². The van der Waals surface area contributed by atoms with Crippen molar-refractivity contribution in [1.82, 2.24) is 23.6 Å². The average molecular weight is 710 g/mol. The number of pyridine rings is 2. The Morgan fingerprint density at radius 1 is 0.822 bits per heavy atom. The van der Waals surface area contributed by atoms with Crippen LogP contribution in [0.4, 0.5) is 0 Å². The zero-order chi connectivity index (χ0) is 31.8. The van der Waals surface area contributed by atoms with Gasteiger partial charge in [0.15, 0.2) is 0 Å². The van der Waals surface area contributed by atoms with Crippen molar-refractivity contribution in [2.45, 2.75) is 55.4 Å². The van der Waals surface area contributed by atoms with E-state index in [0.717, 1.165) is 37.8 Å². The highest BCUT2D eigenvalue weighted by molar-refractivity contribution is 7.92. The van der Waals surface area contributed by atoms with Crippen molar-refractivity contribution in [2.24, 2.45) is 0 Å². The molecule has 5 aromatic rings. The number of H-pyrrole nitrogens is 2. The highest BCUT2D eigenvalue weighted by Crippen LogP contribution is 2.34. The van der Waals surface area contributed by atoms with Crippen LogP contribution in [0.2, 0.25) is 0 Å². The molecule has 0 saturated carbocycles. The number of aromatic amines is 2. The number of nitrogens with zero attached hydrogens (tertiary/aromatic N) is 2. The molecule has 0 aromatic carbocycles. The van der Waals surface area contributed by atoms with Crippen molar-refractivity contribution in [2.75, 3.05) is 6.54 Å². The lowest BCUT2D eigenvalue weighted by Crippen LogP contribution is -2.26. The van der Waals surface area contributed by atoms with Crippen LogP contribution in [0.1, 0.15) is 42.2 Å². The molecule has 0 unspecified atom stereocenters. The number of thiophene rings is 2. The Morgan fingerprint density at radius 3 is 1.87 bits per heavy atom. The van der Waals surface area contributed by atoms with Crippen LogP contribution in [0, 0.1) is 13.8 Å². The van der Waals surface area contributed by atoms with Crippen molar-refractivity contribution < 1.29 is 16.8 Å². The molecule has 45 heavy (non-hydrogen) atoms. The van der Waals surface area contributed by atoms with Crippen molar-refractivity contribution in [1.29, 1.82) is 0 Å². The van der Waals surface area contributed by atoms with Crippen molar-refractivity contribution >= 4 is 55.1 Å². The molecule has 240 valence electrons. The largest absolute Gasteiger partial charge is 0.326 e. The number of rotatable bonds is 11. The quantitative estimate of drug-likeness (QED) is 0.180. The third-order valence-corrected chi connectivity index (χ3v) is 13.5. The van der Waals surface area contributed by atoms with Gasteiger partial charge < -0.3 is 9.97 Å². The molecule has 0 saturated heterocycles. The number of halogens is 1. The van der Waals surface area contributed by atoms with Crippen molar-refractivity contribution in [3.8, 4) is 20.9 Å². The minimum atomic E-state index is -4.01. The fraction of sp³-hybridized carbons (Fsp3) is 0.276. The molecular formula is C29H32ClN5O6S4. The Labute approximate surface area is 274 Å². The van der Waals surface area contributed by atoms with E-state index in [1.807, 2.05) is 13.8 Å². The summed E-state index contributed by atoms with van der Waals surface area (Å²) < 4.78 is 57.0. The molecule has 0 bridgehead atoms. The van der Waals surface area contributed by atoms with Crippen LogP contribution in [-0.4, -0.2) is 42.3 Å². The SMILES string of the molecule is CCc1cc(-c2ccc(S(=O)(=O)NCCc3nccn3S(=O)(=O)c3ccc(-c4cc(CC)c(=O)[nH]c4C)s3)s2)c(C)[nH]c1=O.Cl. The molecule has 11 nitrogen and oxygen atoms in total. The van der Waals surface area contributed by atoms with E-state index in [9.17, 15) is 26.4 Å². The summed E-state index contributed by atoms with van der Waals surface area (Å²) in [5.74, 6) is 0.180. The fourth-order valence-corrected chi connectivity index (χ4v) is 10.0. The van der Waals surface area contributed by atoms with Gasteiger partial charge in [0.1, 0.15) is 14.2 Å². The van der Waals surface area contributed by atoms with Crippen LogP contribution in [0.5, 0.6) is 0 Å². The van der Waals surface area contributed by atoms with Gasteiger partial charge in [0.2, 0.25) is 10.0 Å². The van der Waals surface area contributed by atoms with Gasteiger partial charge >= 0.3 is 0 Å². The lowest BCUT2D eigenvalue weighted by Gasteiger charge is -2.09. The summed E-state index contributed by atoms with van der Waals surface area (Å²) in [5.41, 5.74) is 3.72. The third-order valence-electron chi connectivity index (χ3n) is 7.18. The summed E-state index contributed by atoms with van der Waals surface area (Å²) in [6.07, 6.45) is 3.82. The second kappa shape index (κ2) is 13.6. The molecule has 0 radical (unpaired) electrons. The molecule has 16 heteroatoms. The number of hydrogen-bond acceptors (Lipinski definition) is 9. The first kappa shape index (κ1) is 34.5. The monoisotopic (exact) mass is 709 g/mol. The molecule has 5 rings (SSSR count). The van der Waals surface area contributed by atoms with Crippen LogP contribution < -0.4 is 15.8 Å². The molecule has 0 aliphatic carbocycles. The Bertz CT molecular complexity index is 2190. The van der Waals surface area contributed by atoms with Gasteiger partial charge in [-0.1, -0.05) is 13.8 Å². The van der Waals surface area contributed by atoms with Gasteiger partial charge in [0, 0.05) is 68.8 Å². The summed E-state index contributed by atoms with van der Waals surface area (Å²) in [6, 6.07) is 9.99. The first-order chi connectivity index (χ1) is 20.8. The summed E-state index contributed by atoms with van der Waals surface area (Å²) in [5, 5.41) is 0. The molecule has 0 aliphatic heterocycles. The summed E-state index contributed by atoms with van der Waals surface area (Å²) >= 11 is 2.16. The minimum absolute atomic E-state index is 0. The summed E-state index contributed by atoms with van der Waals surface area (Å²) in [7, 11) is -7.90. The summed E-state index contributed by atoms with van der Waals surface area (Å²) in [6.45, 7) is 7.21. The maximum absolute atomic E-state index is 13.6. The van der Waals surface area contributed by atoms with E-state index in [1.165, 1.54) is 24.5 Å². The number of aryl methyl sites for hydroxylation is 4. The molecule has 0 atom stereocenters. The smallest absolute Gasteiger partial charge is 0.278 e. The van der Waals surface area contributed by atoms with Gasteiger partial charge in [-0.05, 0) is 63.1 Å². The van der Waals surface area contributed by atoms with E-state index < -0.39 is 20.0 Å². The van der Waals surface area contributed by atoms with Crippen molar-refractivity contribution in [3.05, 3.63) is 97.8 Å². The Balaban J connectivity index is 0.00000461. The molecule has 0 spiro atoms. The molecule has 0 fully saturated rings. The zero-order valence-electron chi connectivity index (χ0n) is 24.8. The normalized spacial score (nSPS) is 11.9. The molecule has 0 aliphatic rings. The van der Waals surface area contributed by atoms with Crippen LogP contribution in [-0.2, 0) is 39.3 Å². The second-order valence-corrected chi connectivity index (χ2v) is 16.3. The highest BCUT2D eigenvalue weighted by atomic mass is 35.5. The predicted octanol–water partition coefficient (Wildman–Crippen LogP) is 4.64. The maximum Gasteiger partial charge on any atom is 0.278 e. The lowest BCUT2D eigenvalue weighted by atomic mass is 10.1. The molecule has 5 heterocycles. The molecule has 0 amide bonds. The van der Waals surface area contributed by atoms with E-state index in [2.05, 4.69) is 19.7 Å². The number of sulfonamides is 1. The van der Waals surface area contributed by atoms with E-state index in [-0.39, 0.29) is 50.7 Å². The predicted molar refractivity (Wildman–Crippen MR) is 180 cm³/mol. The lowest BCUT2D eigenvalue weighted by molar-refractivity contribution is 0.581. The number of imidazole rings is 1. The number of aromatic nitrogens is 4. The van der Waals surface area contributed by atoms with Gasteiger partial charge in [0.25, 0.3) is 21.1 Å². The van der Waals surface area contributed by atoms with Crippen LogP contribution in [0.15, 0.2) is 66.8 Å². The van der Waals surface area contributed by atoms with E-state index in [0.29, 0.717) is 45.1 Å². The van der Waals surface area contributed by atoms with Crippen LogP contribution in [0.25, 0.3) is 20.9 Å². The molecular weight excluding hydrogens is 678 g/mol. The van der Waals surface area contributed by atoms with Gasteiger partial charge in [-0.2, -0.15) is 8.42 Å². The summed E-state index contributed by atoms with van der Waals surface area (Å²) in [4.78, 5) is 35.4. The van der Waals surface area contributed by atoms with E-state index in [4.69, 9.17) is 0 Å². The third kappa shape index (κ3) is 6.93. The topological polar surface area (TPSA) is 164 Å². The first-order valence-corrected chi connectivity index (χ1v) is 18.3. The standard InChI is InChI=1S/C29H31N5O6S4.ClH/c1-5-19-15-21(17(3)32-28(19)35)23-7-9-26(41-23)43(37,38)31-12-11-25-30-13-14-34(25)44(39,40)27-10-8-24(42-27)22-16-20(6-2)29(36)33-18(22)4;/h7-10,13-16,31H,5-6,11-12H2,1-4H3,(H,32,35)(H,33,36);1H. The first-order valence-electron chi connectivity index (χ1n) is 13.8. The Morgan fingerprint density at radius 2 is 1.33 bits per heavy atom. The second-order valence-electron chi connectivity index (χ2n) is 10.1. The van der Waals surface area contributed by atoms with Gasteiger partial charge in [-0.25, -0.2) is 22.1 Å². The fourth-order valence-electron chi connectivity index (χ4n) is 4.76. The molecule has 5 aromatic heterocycles. The van der Waals surface area contributed by atoms with Crippen LogP contribution in [0.3, 0.4) is 0 Å². The maximum atomic E-state index is 13.6. The minimum Gasteiger partial charge on any atom is -0.326 e. The van der Waals surface area contributed by atoms with E-state index in [1.54, 1.807) is 38.1 Å². The van der Waals surface area contributed by atoms with E-state index >= 15 is 0 Å². The van der Waals surface area contributed by atoms with Crippen LogP contribution >= 0.6 is 35.1 Å². The Hall–Kier alpha value is -3.34. The number of nitrogens with one attached hydrogen (secondary N) is 3. The highest BCUT2D eigenvalue weighted by Gasteiger charge is 2.24. The number of hydrogen-bond donors (Lipinski definition) is 3. The molecule has 3 N–H and O–H groups in total. The van der Waals surface area contributed by atoms with Gasteiger partial charge in [0.05, 0.1) is 0 Å².